The lowest BCUT2D eigenvalue weighted by Gasteiger charge is -2.07. The molecule has 0 atom stereocenters. The van der Waals surface area contributed by atoms with Gasteiger partial charge < -0.3 is 0 Å². The van der Waals surface area contributed by atoms with Gasteiger partial charge in [0, 0.05) is 0 Å². The van der Waals surface area contributed by atoms with E-state index in [1.807, 2.05) is 62.4 Å². The van der Waals surface area contributed by atoms with Crippen molar-refractivity contribution in [3.05, 3.63) is 65.2 Å². The molecule has 26 heavy (non-hydrogen) atoms. The highest BCUT2D eigenvalue weighted by Crippen LogP contribution is 2.19. The van der Waals surface area contributed by atoms with Crippen molar-refractivity contribution in [3.8, 4) is 5.69 Å². The van der Waals surface area contributed by atoms with Gasteiger partial charge in [-0.2, -0.15) is 4.68 Å². The summed E-state index contributed by atoms with van der Waals surface area (Å²) in [4.78, 5) is 17.2. The van der Waals surface area contributed by atoms with E-state index in [-0.39, 0.29) is 11.7 Å². The van der Waals surface area contributed by atoms with Gasteiger partial charge in [0.1, 0.15) is 0 Å². The summed E-state index contributed by atoms with van der Waals surface area (Å²) in [7, 11) is 0. The molecule has 0 spiro atoms. The van der Waals surface area contributed by atoms with Crippen molar-refractivity contribution < 1.29 is 9.63 Å². The minimum Gasteiger partial charge on any atom is -0.272 e. The van der Waals surface area contributed by atoms with Crippen molar-refractivity contribution in [1.29, 1.82) is 0 Å². The fourth-order valence-corrected chi connectivity index (χ4v) is 2.90. The molecule has 2 aromatic carbocycles. The first kappa shape index (κ1) is 18.1. The molecule has 0 saturated carbocycles. The minimum atomic E-state index is -0.249. The molecule has 0 unspecified atom stereocenters. The van der Waals surface area contributed by atoms with Gasteiger partial charge in [-0.15, -0.1) is 5.10 Å². The summed E-state index contributed by atoms with van der Waals surface area (Å²) in [6, 6.07) is 15.6. The second kappa shape index (κ2) is 8.59. The van der Waals surface area contributed by atoms with Crippen LogP contribution in [0.25, 0.3) is 5.69 Å². The molecule has 1 heterocycles. The SMILES string of the molecule is Cc1ccc(-n2nnnc2SCC(=O)NOCc2ccccc2)cc1C. The summed E-state index contributed by atoms with van der Waals surface area (Å²) in [5.74, 6) is -0.0967. The number of rotatable bonds is 7. The Morgan fingerprint density at radius 3 is 2.73 bits per heavy atom. The highest BCUT2D eigenvalue weighted by molar-refractivity contribution is 7.99. The Bertz CT molecular complexity index is 882. The quantitative estimate of drug-likeness (QED) is 0.509. The fourth-order valence-electron chi connectivity index (χ4n) is 2.22. The van der Waals surface area contributed by atoms with Crippen molar-refractivity contribution in [2.45, 2.75) is 25.6 Å². The maximum Gasteiger partial charge on any atom is 0.254 e. The van der Waals surface area contributed by atoms with Gasteiger partial charge in [0.25, 0.3) is 5.91 Å². The molecule has 0 aliphatic carbocycles. The predicted octanol–water partition coefficient (Wildman–Crippen LogP) is 2.62. The first-order valence-electron chi connectivity index (χ1n) is 8.07. The second-order valence-electron chi connectivity index (χ2n) is 5.73. The highest BCUT2D eigenvalue weighted by atomic mass is 32.2. The summed E-state index contributed by atoms with van der Waals surface area (Å²) in [5, 5.41) is 12.3. The van der Waals surface area contributed by atoms with E-state index >= 15 is 0 Å². The number of amides is 1. The zero-order valence-electron chi connectivity index (χ0n) is 14.5. The summed E-state index contributed by atoms with van der Waals surface area (Å²) in [5.41, 5.74) is 6.63. The van der Waals surface area contributed by atoms with Gasteiger partial charge in [-0.1, -0.05) is 48.2 Å². The molecule has 7 nitrogen and oxygen atoms in total. The normalized spacial score (nSPS) is 10.7. The Morgan fingerprint density at radius 2 is 1.96 bits per heavy atom. The molecule has 0 saturated heterocycles. The number of hydrogen-bond acceptors (Lipinski definition) is 6. The van der Waals surface area contributed by atoms with Gasteiger partial charge in [-0.25, -0.2) is 5.48 Å². The molecule has 3 aromatic rings. The molecule has 1 aromatic heterocycles. The third-order valence-electron chi connectivity index (χ3n) is 3.78. The van der Waals surface area contributed by atoms with Gasteiger partial charge in [0.05, 0.1) is 18.0 Å². The first-order chi connectivity index (χ1) is 12.6. The smallest absolute Gasteiger partial charge is 0.254 e. The van der Waals surface area contributed by atoms with E-state index in [9.17, 15) is 4.79 Å². The maximum absolute atomic E-state index is 11.9. The van der Waals surface area contributed by atoms with Crippen LogP contribution in [0, 0.1) is 13.8 Å². The average Bonchev–Trinajstić information content (AvgIpc) is 3.12. The van der Waals surface area contributed by atoms with Crippen LogP contribution in [0.2, 0.25) is 0 Å². The van der Waals surface area contributed by atoms with Gasteiger partial charge >= 0.3 is 0 Å². The fraction of sp³-hybridized carbons (Fsp3) is 0.222. The zero-order chi connectivity index (χ0) is 18.4. The van der Waals surface area contributed by atoms with E-state index in [0.29, 0.717) is 11.8 Å². The summed E-state index contributed by atoms with van der Waals surface area (Å²) < 4.78 is 1.62. The standard InChI is InChI=1S/C18H19N5O2S/c1-13-8-9-16(10-14(13)2)23-18(19-21-22-23)26-12-17(24)20-25-11-15-6-4-3-5-7-15/h3-10H,11-12H2,1-2H3,(H,20,24). The number of aryl methyl sites for hydroxylation is 2. The molecule has 1 amide bonds. The number of aromatic nitrogens is 4. The average molecular weight is 369 g/mol. The molecule has 0 bridgehead atoms. The van der Waals surface area contributed by atoms with Gasteiger partial charge in [-0.3, -0.25) is 9.63 Å². The van der Waals surface area contributed by atoms with Crippen LogP contribution in [0.4, 0.5) is 0 Å². The van der Waals surface area contributed by atoms with Crippen LogP contribution in [-0.4, -0.2) is 31.9 Å². The van der Waals surface area contributed by atoms with Crippen molar-refractivity contribution in [2.24, 2.45) is 0 Å². The van der Waals surface area contributed by atoms with Crippen LogP contribution < -0.4 is 5.48 Å². The third-order valence-corrected chi connectivity index (χ3v) is 4.70. The van der Waals surface area contributed by atoms with Crippen LogP contribution in [0.3, 0.4) is 0 Å². The Morgan fingerprint density at radius 1 is 1.15 bits per heavy atom. The van der Waals surface area contributed by atoms with Gasteiger partial charge in [0.15, 0.2) is 0 Å². The number of hydrogen-bond donors (Lipinski definition) is 1. The Balaban J connectivity index is 1.53. The lowest BCUT2D eigenvalue weighted by Crippen LogP contribution is -2.25. The van der Waals surface area contributed by atoms with E-state index in [0.717, 1.165) is 16.8 Å². The van der Waals surface area contributed by atoms with Crippen LogP contribution in [0.15, 0.2) is 53.7 Å². The molecule has 134 valence electrons. The van der Waals surface area contributed by atoms with Crippen molar-refractivity contribution in [3.63, 3.8) is 0 Å². The number of hydroxylamine groups is 1. The Hall–Kier alpha value is -2.71. The van der Waals surface area contributed by atoms with Crippen LogP contribution >= 0.6 is 11.8 Å². The van der Waals surface area contributed by atoms with E-state index in [2.05, 4.69) is 21.0 Å². The van der Waals surface area contributed by atoms with Crippen LogP contribution in [-0.2, 0) is 16.2 Å². The maximum atomic E-state index is 11.9. The minimum absolute atomic E-state index is 0.153. The molecule has 0 aliphatic rings. The van der Waals surface area contributed by atoms with Crippen LogP contribution in [0.1, 0.15) is 16.7 Å². The monoisotopic (exact) mass is 369 g/mol. The number of carbonyl (C=O) groups excluding carboxylic acids is 1. The van der Waals surface area contributed by atoms with Crippen LogP contribution in [0.5, 0.6) is 0 Å². The largest absolute Gasteiger partial charge is 0.272 e. The number of benzene rings is 2. The molecule has 8 heteroatoms. The molecule has 0 radical (unpaired) electrons. The Kier molecular flexibility index (Phi) is 5.98. The molecule has 1 N–H and O–H groups in total. The predicted molar refractivity (Wildman–Crippen MR) is 98.7 cm³/mol. The summed E-state index contributed by atoms with van der Waals surface area (Å²) in [6.07, 6.45) is 0. The summed E-state index contributed by atoms with van der Waals surface area (Å²) >= 11 is 1.25. The highest BCUT2D eigenvalue weighted by Gasteiger charge is 2.12. The molecular weight excluding hydrogens is 350 g/mol. The van der Waals surface area contributed by atoms with E-state index < -0.39 is 0 Å². The number of nitrogens with zero attached hydrogens (tertiary/aromatic N) is 4. The third kappa shape index (κ3) is 4.68. The molecule has 3 rings (SSSR count). The molecule has 0 aliphatic heterocycles. The number of nitrogens with one attached hydrogen (secondary N) is 1. The molecule has 0 fully saturated rings. The van der Waals surface area contributed by atoms with E-state index in [1.54, 1.807) is 4.68 Å². The Labute approximate surface area is 155 Å². The topological polar surface area (TPSA) is 81.9 Å². The van der Waals surface area contributed by atoms with Crippen molar-refractivity contribution >= 4 is 17.7 Å². The number of tetrazole rings is 1. The molecular formula is C18H19N5O2S. The van der Waals surface area contributed by atoms with Gasteiger partial charge in [0.2, 0.25) is 5.16 Å². The van der Waals surface area contributed by atoms with E-state index in [1.165, 1.54) is 17.3 Å². The van der Waals surface area contributed by atoms with Crippen molar-refractivity contribution in [1.82, 2.24) is 25.7 Å². The first-order valence-corrected chi connectivity index (χ1v) is 9.05. The summed E-state index contributed by atoms with van der Waals surface area (Å²) in [6.45, 7) is 4.40. The lowest BCUT2D eigenvalue weighted by atomic mass is 10.1. The van der Waals surface area contributed by atoms with Gasteiger partial charge in [-0.05, 0) is 53.1 Å². The van der Waals surface area contributed by atoms with Crippen molar-refractivity contribution in [2.75, 3.05) is 5.75 Å². The van der Waals surface area contributed by atoms with E-state index in [4.69, 9.17) is 4.84 Å². The number of carbonyl (C=O) groups is 1. The zero-order valence-corrected chi connectivity index (χ0v) is 15.4. The number of thioether (sulfide) groups is 1. The second-order valence-corrected chi connectivity index (χ2v) is 6.67. The lowest BCUT2D eigenvalue weighted by molar-refractivity contribution is -0.131.